The quantitative estimate of drug-likeness (QED) is 0.171. The highest BCUT2D eigenvalue weighted by Crippen LogP contribution is 2.54. The van der Waals surface area contributed by atoms with Crippen molar-refractivity contribution in [2.24, 2.45) is 11.8 Å². The lowest BCUT2D eigenvalue weighted by atomic mass is 9.74. The van der Waals surface area contributed by atoms with E-state index in [4.69, 9.17) is 9.97 Å². The molecule has 0 unspecified atom stereocenters. The van der Waals surface area contributed by atoms with Crippen molar-refractivity contribution >= 4 is 57.2 Å². The number of likely N-dealkylation sites (tertiary alicyclic amines) is 1. The molecule has 4 aromatic carbocycles. The van der Waals surface area contributed by atoms with Gasteiger partial charge in [0.1, 0.15) is 0 Å². The lowest BCUT2D eigenvalue weighted by Crippen LogP contribution is -2.30. The summed E-state index contributed by atoms with van der Waals surface area (Å²) in [5.41, 5.74) is 16.5. The second-order valence-electron chi connectivity index (χ2n) is 15.5. The van der Waals surface area contributed by atoms with Gasteiger partial charge in [-0.05, 0) is 89.6 Å². The molecule has 2 atom stereocenters. The number of nitrogens with one attached hydrogen (secondary N) is 2. The highest BCUT2D eigenvalue weighted by atomic mass is 16.2. The van der Waals surface area contributed by atoms with E-state index in [1.165, 1.54) is 4.90 Å². The molecular weight excluding hydrogens is 727 g/mol. The van der Waals surface area contributed by atoms with Crippen molar-refractivity contribution in [2.75, 3.05) is 6.54 Å². The first-order chi connectivity index (χ1) is 29.1. The Hall–Kier alpha value is -7.38. The summed E-state index contributed by atoms with van der Waals surface area (Å²) in [7, 11) is 0. The Balaban J connectivity index is 1.36. The zero-order valence-corrected chi connectivity index (χ0v) is 32.4. The minimum atomic E-state index is -0.634. The number of H-pyrrole nitrogens is 2. The molecule has 0 radical (unpaired) electrons. The number of imide groups is 1. The van der Waals surface area contributed by atoms with Crippen LogP contribution in [0.25, 0.3) is 89.9 Å². The molecule has 3 aliphatic heterocycles. The third kappa shape index (κ3) is 5.57. The number of allylic oxidation sites excluding steroid dienone is 1. The largest absolute Gasteiger partial charge is 0.354 e. The van der Waals surface area contributed by atoms with E-state index in [-0.39, 0.29) is 11.8 Å². The molecule has 59 heavy (non-hydrogen) atoms. The van der Waals surface area contributed by atoms with Gasteiger partial charge in [-0.2, -0.15) is 0 Å². The molecule has 7 heteroatoms. The van der Waals surface area contributed by atoms with E-state index in [1.807, 2.05) is 43.3 Å². The third-order valence-corrected chi connectivity index (χ3v) is 12.3. The van der Waals surface area contributed by atoms with Crippen molar-refractivity contribution in [3.05, 3.63) is 168 Å². The second kappa shape index (κ2) is 13.9. The van der Waals surface area contributed by atoms with Crippen molar-refractivity contribution in [1.82, 2.24) is 24.8 Å². The van der Waals surface area contributed by atoms with E-state index in [9.17, 15) is 9.59 Å². The number of carbonyl (C=O) groups is 2. The number of benzene rings is 4. The van der Waals surface area contributed by atoms with Crippen LogP contribution in [0.3, 0.4) is 0 Å². The van der Waals surface area contributed by atoms with Gasteiger partial charge in [-0.1, -0.05) is 121 Å². The van der Waals surface area contributed by atoms with Crippen LogP contribution in [-0.4, -0.2) is 43.2 Å². The first-order valence-electron chi connectivity index (χ1n) is 20.4. The predicted molar refractivity (Wildman–Crippen MR) is 237 cm³/mol. The molecule has 3 aromatic heterocycles. The third-order valence-electron chi connectivity index (χ3n) is 12.3. The molecule has 2 amide bonds. The minimum Gasteiger partial charge on any atom is -0.354 e. The summed E-state index contributed by atoms with van der Waals surface area (Å²) < 4.78 is 0. The van der Waals surface area contributed by atoms with Gasteiger partial charge in [0.2, 0.25) is 11.8 Å². The van der Waals surface area contributed by atoms with E-state index in [1.54, 1.807) is 0 Å². The first kappa shape index (κ1) is 34.8. The number of rotatable bonds is 5. The zero-order valence-electron chi connectivity index (χ0n) is 32.4. The fourth-order valence-corrected chi connectivity index (χ4v) is 9.67. The van der Waals surface area contributed by atoms with Gasteiger partial charge in [-0.3, -0.25) is 14.5 Å². The standard InChI is InChI=1S/C52H39N5O2/c1-2-57-51(58)36-24-23-35-47(48(36)52(57)59)50-46(34-21-13-6-14-22-34)42-30-28-40(55-42)44(32-17-9-4-10-18-32)38-26-25-37(53-38)43(31-15-7-3-8-16-31)39-27-29-41(54-39)45(49(35)56-50)33-19-11-5-12-20-33/h3-22,25-30,36,48,54-55H,2,23-24H2,1H3/t36-,48-/m1/s1. The molecule has 1 fully saturated rings. The molecule has 2 N–H and O–H groups in total. The molecule has 7 aromatic rings. The molecular formula is C52H39N5O2. The molecule has 6 heterocycles. The predicted octanol–water partition coefficient (Wildman–Crippen LogP) is 11.5. The van der Waals surface area contributed by atoms with Crippen LogP contribution in [0.5, 0.6) is 0 Å². The van der Waals surface area contributed by atoms with Crippen LogP contribution in [0.15, 0.2) is 146 Å². The molecule has 7 nitrogen and oxygen atoms in total. The van der Waals surface area contributed by atoms with Gasteiger partial charge in [0.15, 0.2) is 0 Å². The summed E-state index contributed by atoms with van der Waals surface area (Å²) in [4.78, 5) is 48.7. The minimum absolute atomic E-state index is 0.0857. The monoisotopic (exact) mass is 765 g/mol. The Morgan fingerprint density at radius 3 is 1.41 bits per heavy atom. The molecule has 284 valence electrons. The maximum absolute atomic E-state index is 14.5. The lowest BCUT2D eigenvalue weighted by molar-refractivity contribution is -0.139. The molecule has 1 saturated heterocycles. The number of amides is 2. The number of hydrogen-bond acceptors (Lipinski definition) is 4. The van der Waals surface area contributed by atoms with E-state index in [0.29, 0.717) is 19.4 Å². The Kier molecular flexibility index (Phi) is 8.22. The molecule has 4 aliphatic rings. The van der Waals surface area contributed by atoms with Gasteiger partial charge in [0, 0.05) is 50.9 Å². The molecule has 8 bridgehead atoms. The summed E-state index contributed by atoms with van der Waals surface area (Å²) in [6, 6.07) is 49.9. The maximum Gasteiger partial charge on any atom is 0.237 e. The van der Waals surface area contributed by atoms with Gasteiger partial charge in [0.05, 0.1) is 34.6 Å². The van der Waals surface area contributed by atoms with Gasteiger partial charge in [0.25, 0.3) is 0 Å². The van der Waals surface area contributed by atoms with Crippen LogP contribution in [0, 0.1) is 11.8 Å². The zero-order chi connectivity index (χ0) is 39.6. The van der Waals surface area contributed by atoms with Gasteiger partial charge >= 0.3 is 0 Å². The first-order valence-corrected chi connectivity index (χ1v) is 20.4. The smallest absolute Gasteiger partial charge is 0.237 e. The topological polar surface area (TPSA) is 94.7 Å². The van der Waals surface area contributed by atoms with Crippen molar-refractivity contribution in [3.8, 4) is 44.5 Å². The summed E-state index contributed by atoms with van der Waals surface area (Å²) in [5.74, 6) is -1.30. The van der Waals surface area contributed by atoms with Crippen LogP contribution < -0.4 is 0 Å². The van der Waals surface area contributed by atoms with Crippen LogP contribution in [-0.2, 0) is 9.59 Å². The highest BCUT2D eigenvalue weighted by Gasteiger charge is 2.53. The number of aromatic amines is 2. The lowest BCUT2D eigenvalue weighted by Gasteiger charge is -2.25. The van der Waals surface area contributed by atoms with Crippen molar-refractivity contribution in [3.63, 3.8) is 0 Å². The van der Waals surface area contributed by atoms with Gasteiger partial charge < -0.3 is 9.97 Å². The summed E-state index contributed by atoms with van der Waals surface area (Å²) in [6.07, 6.45) is 5.41. The van der Waals surface area contributed by atoms with Gasteiger partial charge in [-0.15, -0.1) is 0 Å². The fraction of sp³-hybridized carbons (Fsp3) is 0.115. The van der Waals surface area contributed by atoms with Crippen LogP contribution in [0.2, 0.25) is 0 Å². The number of hydrogen-bond donors (Lipinski definition) is 2. The molecule has 0 saturated carbocycles. The molecule has 0 spiro atoms. The Labute approximate surface area is 341 Å². The normalized spacial score (nSPS) is 17.1. The number of aromatic nitrogens is 4. The number of fused-ring (bicyclic) bond motifs is 12. The highest BCUT2D eigenvalue weighted by molar-refractivity contribution is 6.17. The SMILES string of the molecule is CCN1C(=O)[C@H]2C3=C(CC[C@H]2C1=O)c1nc3c(-c2ccccc2)c2ccc([nH]2)c(-c2ccccc2)c2nc(c(-c3ccccc3)c3ccc([nH]3)c1-c1ccccc1)C=C2. The van der Waals surface area contributed by atoms with E-state index < -0.39 is 11.8 Å². The summed E-state index contributed by atoms with van der Waals surface area (Å²) >= 11 is 0. The van der Waals surface area contributed by atoms with Crippen LogP contribution in [0.1, 0.15) is 42.5 Å². The van der Waals surface area contributed by atoms with E-state index >= 15 is 0 Å². The van der Waals surface area contributed by atoms with Gasteiger partial charge in [-0.25, -0.2) is 9.97 Å². The van der Waals surface area contributed by atoms with Crippen molar-refractivity contribution in [2.45, 2.75) is 19.8 Å². The maximum atomic E-state index is 14.5. The average molecular weight is 766 g/mol. The summed E-state index contributed by atoms with van der Waals surface area (Å²) in [5, 5.41) is 0. The van der Waals surface area contributed by atoms with Crippen LogP contribution >= 0.6 is 0 Å². The van der Waals surface area contributed by atoms with Crippen molar-refractivity contribution in [1.29, 1.82) is 0 Å². The van der Waals surface area contributed by atoms with E-state index in [0.717, 1.165) is 100 Å². The Morgan fingerprint density at radius 1 is 0.525 bits per heavy atom. The average Bonchev–Trinajstić information content (AvgIpc) is 4.14. The second-order valence-corrected chi connectivity index (χ2v) is 15.5. The number of carbonyl (C=O) groups excluding carboxylic acids is 2. The van der Waals surface area contributed by atoms with Crippen LogP contribution in [0.4, 0.5) is 0 Å². The molecule has 1 aliphatic carbocycles. The number of nitrogens with zero attached hydrogens (tertiary/aromatic N) is 3. The fourth-order valence-electron chi connectivity index (χ4n) is 9.67. The summed E-state index contributed by atoms with van der Waals surface area (Å²) in [6.45, 7) is 2.22. The Bertz CT molecular complexity index is 3070. The van der Waals surface area contributed by atoms with E-state index in [2.05, 4.69) is 131 Å². The van der Waals surface area contributed by atoms with Crippen molar-refractivity contribution < 1.29 is 9.59 Å². The Morgan fingerprint density at radius 2 is 0.949 bits per heavy atom. The molecule has 11 rings (SSSR count).